The number of aryl methyl sites for hydroxylation is 2. The molecule has 2 nitrogen and oxygen atoms in total. The van der Waals surface area contributed by atoms with Gasteiger partial charge in [0, 0.05) is 27.4 Å². The van der Waals surface area contributed by atoms with Crippen LogP contribution >= 0.6 is 27.3 Å². The highest BCUT2D eigenvalue weighted by Crippen LogP contribution is 2.30. The van der Waals surface area contributed by atoms with E-state index in [1.54, 1.807) is 17.4 Å². The second-order valence-corrected chi connectivity index (χ2v) is 6.57. The van der Waals surface area contributed by atoms with Gasteiger partial charge < -0.3 is 5.32 Å². The number of hydrogen-bond donors (Lipinski definition) is 1. The highest BCUT2D eigenvalue weighted by Gasteiger charge is 2.19. The van der Waals surface area contributed by atoms with Gasteiger partial charge in [0.2, 0.25) is 0 Å². The van der Waals surface area contributed by atoms with Crippen molar-refractivity contribution < 1.29 is 4.39 Å². The molecule has 0 amide bonds. The van der Waals surface area contributed by atoms with Crippen LogP contribution in [0.4, 0.5) is 4.39 Å². The number of rotatable bonds is 4. The zero-order valence-corrected chi connectivity index (χ0v) is 13.5. The van der Waals surface area contributed by atoms with Crippen LogP contribution in [0, 0.1) is 19.7 Å². The summed E-state index contributed by atoms with van der Waals surface area (Å²) in [6.07, 6.45) is 0.690. The van der Waals surface area contributed by atoms with Gasteiger partial charge in [-0.15, -0.1) is 11.3 Å². The lowest BCUT2D eigenvalue weighted by Gasteiger charge is -2.17. The first kappa shape index (κ1) is 14.6. The number of nitrogens with zero attached hydrogens (tertiary/aromatic N) is 1. The van der Waals surface area contributed by atoms with Crippen LogP contribution in [0.1, 0.15) is 27.2 Å². The van der Waals surface area contributed by atoms with Crippen LogP contribution in [0.2, 0.25) is 0 Å². The molecule has 0 radical (unpaired) electrons. The fraction of sp³-hybridized carbons (Fsp3) is 0.357. The minimum Gasteiger partial charge on any atom is -0.313 e. The number of likely N-dealkylation sites (N-methyl/N-ethyl adjacent to an activating group) is 1. The van der Waals surface area contributed by atoms with Crippen molar-refractivity contribution in [1.82, 2.24) is 10.3 Å². The molecule has 0 spiro atoms. The molecule has 1 heterocycles. The van der Waals surface area contributed by atoms with Gasteiger partial charge in [0.25, 0.3) is 0 Å². The van der Waals surface area contributed by atoms with Gasteiger partial charge in [-0.1, -0.05) is 22.0 Å². The molecule has 1 aromatic carbocycles. The average molecular weight is 343 g/mol. The van der Waals surface area contributed by atoms with E-state index >= 15 is 0 Å². The zero-order valence-electron chi connectivity index (χ0n) is 11.1. The highest BCUT2D eigenvalue weighted by molar-refractivity contribution is 9.10. The third kappa shape index (κ3) is 3.22. The van der Waals surface area contributed by atoms with E-state index in [9.17, 15) is 4.39 Å². The lowest BCUT2D eigenvalue weighted by Crippen LogP contribution is -2.20. The molecule has 0 saturated heterocycles. The van der Waals surface area contributed by atoms with E-state index in [1.807, 2.05) is 20.0 Å². The van der Waals surface area contributed by atoms with Gasteiger partial charge in [-0.3, -0.25) is 0 Å². The topological polar surface area (TPSA) is 24.9 Å². The Labute approximate surface area is 125 Å². The molecule has 0 bridgehead atoms. The molecule has 2 rings (SSSR count). The Balaban J connectivity index is 2.30. The van der Waals surface area contributed by atoms with Crippen LogP contribution in [-0.2, 0) is 6.42 Å². The smallest absolute Gasteiger partial charge is 0.129 e. The summed E-state index contributed by atoms with van der Waals surface area (Å²) < 4.78 is 14.8. The minimum atomic E-state index is -0.196. The maximum atomic E-state index is 14.0. The van der Waals surface area contributed by atoms with Crippen molar-refractivity contribution >= 4 is 27.3 Å². The van der Waals surface area contributed by atoms with Gasteiger partial charge in [-0.25, -0.2) is 9.37 Å². The molecule has 0 fully saturated rings. The molecule has 1 unspecified atom stereocenters. The zero-order chi connectivity index (χ0) is 14.0. The normalized spacial score (nSPS) is 12.7. The average Bonchev–Trinajstić information content (AvgIpc) is 2.67. The predicted molar refractivity (Wildman–Crippen MR) is 81.2 cm³/mol. The SMILES string of the molecule is CNC(Cc1nc(C)c(C)s1)c1c(F)cccc1Br. The minimum absolute atomic E-state index is 0.0828. The van der Waals surface area contributed by atoms with Crippen LogP contribution in [-0.4, -0.2) is 12.0 Å². The van der Waals surface area contributed by atoms with Crippen molar-refractivity contribution in [3.8, 4) is 0 Å². The van der Waals surface area contributed by atoms with Gasteiger partial charge >= 0.3 is 0 Å². The second kappa shape index (κ2) is 6.11. The molecule has 0 saturated carbocycles. The Morgan fingerprint density at radius 1 is 1.42 bits per heavy atom. The van der Waals surface area contributed by atoms with Gasteiger partial charge in [-0.2, -0.15) is 0 Å². The fourth-order valence-corrected chi connectivity index (χ4v) is 3.59. The monoisotopic (exact) mass is 342 g/mol. The summed E-state index contributed by atoms with van der Waals surface area (Å²) in [4.78, 5) is 5.74. The number of halogens is 2. The van der Waals surface area contributed by atoms with Crippen molar-refractivity contribution in [3.63, 3.8) is 0 Å². The molecule has 5 heteroatoms. The van der Waals surface area contributed by atoms with Crippen molar-refractivity contribution in [3.05, 3.63) is 49.6 Å². The first-order valence-corrected chi connectivity index (χ1v) is 7.68. The summed E-state index contributed by atoms with van der Waals surface area (Å²) in [5, 5.41) is 4.21. The van der Waals surface area contributed by atoms with E-state index in [2.05, 4.69) is 33.2 Å². The van der Waals surface area contributed by atoms with E-state index in [0.717, 1.165) is 15.2 Å². The van der Waals surface area contributed by atoms with Crippen molar-refractivity contribution in [1.29, 1.82) is 0 Å². The summed E-state index contributed by atoms with van der Waals surface area (Å²) in [5.41, 5.74) is 1.72. The standard InChI is InChI=1S/C14H16BrFN2S/c1-8-9(2)19-13(18-8)7-12(17-3)14-10(15)5-4-6-11(14)16/h4-6,12,17H,7H2,1-3H3. The quantitative estimate of drug-likeness (QED) is 0.902. The maximum absolute atomic E-state index is 14.0. The third-order valence-corrected chi connectivity index (χ3v) is 4.93. The molecule has 0 aliphatic rings. The molecule has 102 valence electrons. The van der Waals surface area contributed by atoms with Crippen LogP contribution in [0.3, 0.4) is 0 Å². The molecule has 1 aromatic heterocycles. The largest absolute Gasteiger partial charge is 0.313 e. The molecule has 1 N–H and O–H groups in total. The van der Waals surface area contributed by atoms with Gasteiger partial charge in [0.15, 0.2) is 0 Å². The second-order valence-electron chi connectivity index (χ2n) is 4.43. The molecule has 2 aromatic rings. The van der Waals surface area contributed by atoms with E-state index in [0.29, 0.717) is 12.0 Å². The predicted octanol–water partition coefficient (Wildman–Crippen LogP) is 4.16. The van der Waals surface area contributed by atoms with Crippen molar-refractivity contribution in [2.75, 3.05) is 7.05 Å². The first-order valence-electron chi connectivity index (χ1n) is 6.07. The summed E-state index contributed by atoms with van der Waals surface area (Å²) in [5.74, 6) is -0.196. The van der Waals surface area contributed by atoms with E-state index in [1.165, 1.54) is 10.9 Å². The maximum Gasteiger partial charge on any atom is 0.129 e. The molecular weight excluding hydrogens is 327 g/mol. The Bertz CT molecular complexity index is 543. The molecular formula is C14H16BrFN2S. The van der Waals surface area contributed by atoms with Crippen molar-refractivity contribution in [2.24, 2.45) is 0 Å². The highest BCUT2D eigenvalue weighted by atomic mass is 79.9. The Morgan fingerprint density at radius 3 is 2.68 bits per heavy atom. The lowest BCUT2D eigenvalue weighted by molar-refractivity contribution is 0.530. The van der Waals surface area contributed by atoms with E-state index in [4.69, 9.17) is 0 Å². The fourth-order valence-electron chi connectivity index (χ4n) is 1.99. The van der Waals surface area contributed by atoms with Crippen LogP contribution in [0.5, 0.6) is 0 Å². The summed E-state index contributed by atoms with van der Waals surface area (Å²) in [6.45, 7) is 4.06. The number of aromatic nitrogens is 1. The molecule has 19 heavy (non-hydrogen) atoms. The number of nitrogens with one attached hydrogen (secondary N) is 1. The third-order valence-electron chi connectivity index (χ3n) is 3.15. The van der Waals surface area contributed by atoms with E-state index in [-0.39, 0.29) is 11.9 Å². The van der Waals surface area contributed by atoms with Crippen LogP contribution in [0.15, 0.2) is 22.7 Å². The summed E-state index contributed by atoms with van der Waals surface area (Å²) in [7, 11) is 1.84. The number of benzene rings is 1. The van der Waals surface area contributed by atoms with Gasteiger partial charge in [0.1, 0.15) is 5.82 Å². The van der Waals surface area contributed by atoms with E-state index < -0.39 is 0 Å². The van der Waals surface area contributed by atoms with Gasteiger partial charge in [0.05, 0.1) is 10.7 Å². The Kier molecular flexibility index (Phi) is 4.71. The van der Waals surface area contributed by atoms with Crippen molar-refractivity contribution in [2.45, 2.75) is 26.3 Å². The first-order chi connectivity index (χ1) is 9.02. The molecule has 0 aliphatic carbocycles. The Hall–Kier alpha value is -0.780. The lowest BCUT2D eigenvalue weighted by atomic mass is 10.0. The summed E-state index contributed by atoms with van der Waals surface area (Å²) in [6, 6.07) is 4.97. The summed E-state index contributed by atoms with van der Waals surface area (Å²) >= 11 is 5.10. The van der Waals surface area contributed by atoms with Crippen LogP contribution in [0.25, 0.3) is 0 Å². The Morgan fingerprint density at radius 2 is 2.16 bits per heavy atom. The molecule has 1 atom stereocenters. The number of thiazole rings is 1. The van der Waals surface area contributed by atoms with Crippen LogP contribution < -0.4 is 5.32 Å². The molecule has 0 aliphatic heterocycles. The number of hydrogen-bond acceptors (Lipinski definition) is 3. The van der Waals surface area contributed by atoms with Gasteiger partial charge in [-0.05, 0) is 33.0 Å².